The lowest BCUT2D eigenvalue weighted by molar-refractivity contribution is -0.219. The molecule has 0 amide bonds. The fraction of sp³-hybridized carbons (Fsp3) is 0.684. The minimum Gasteiger partial charge on any atom is -0.465 e. The first-order chi connectivity index (χ1) is 19.8. The van der Waals surface area contributed by atoms with Crippen molar-refractivity contribution in [3.05, 3.63) is 53.6 Å². The van der Waals surface area contributed by atoms with Gasteiger partial charge in [0.1, 0.15) is 0 Å². The van der Waals surface area contributed by atoms with Gasteiger partial charge in [0, 0.05) is 5.41 Å². The Hall–Kier alpha value is -2.36. The maximum Gasteiger partial charge on any atom is 0.337 e. The van der Waals surface area contributed by atoms with Crippen LogP contribution in [0.25, 0.3) is 5.57 Å². The molecule has 4 saturated carbocycles. The number of oxime groups is 1. The molecule has 5 aliphatic carbocycles. The Bertz CT molecular complexity index is 1320. The number of hydrogen-bond acceptors (Lipinski definition) is 4. The zero-order valence-corrected chi connectivity index (χ0v) is 27.1. The number of hydrogen-bond donors (Lipinski definition) is 1. The Morgan fingerprint density at radius 2 is 1.67 bits per heavy atom. The van der Waals surface area contributed by atoms with E-state index in [0.29, 0.717) is 35.2 Å². The van der Waals surface area contributed by atoms with Crippen molar-refractivity contribution in [1.29, 1.82) is 0 Å². The summed E-state index contributed by atoms with van der Waals surface area (Å²) in [4.78, 5) is 12.1. The summed E-state index contributed by atoms with van der Waals surface area (Å²) in [5.41, 5.74) is 5.50. The van der Waals surface area contributed by atoms with Gasteiger partial charge in [0.25, 0.3) is 0 Å². The van der Waals surface area contributed by atoms with Gasteiger partial charge in [-0.25, -0.2) is 4.79 Å². The zero-order chi connectivity index (χ0) is 30.3. The smallest absolute Gasteiger partial charge is 0.337 e. The summed E-state index contributed by atoms with van der Waals surface area (Å²) in [5, 5.41) is 13.5. The van der Waals surface area contributed by atoms with Gasteiger partial charge in [-0.3, -0.25) is 0 Å². The number of benzene rings is 1. The van der Waals surface area contributed by atoms with E-state index >= 15 is 0 Å². The number of nitrogens with zero attached hydrogens (tertiary/aromatic N) is 1. The van der Waals surface area contributed by atoms with E-state index in [2.05, 4.69) is 71.5 Å². The molecule has 1 aromatic carbocycles. The van der Waals surface area contributed by atoms with Gasteiger partial charge >= 0.3 is 5.97 Å². The van der Waals surface area contributed by atoms with Crippen LogP contribution in [0.5, 0.6) is 0 Å². The molecule has 42 heavy (non-hydrogen) atoms. The molecule has 1 aromatic rings. The van der Waals surface area contributed by atoms with Gasteiger partial charge in [0.05, 0.1) is 18.9 Å². The van der Waals surface area contributed by atoms with E-state index in [1.807, 2.05) is 18.3 Å². The van der Waals surface area contributed by atoms with E-state index in [9.17, 15) is 10.0 Å². The van der Waals surface area contributed by atoms with Crippen LogP contribution in [0.1, 0.15) is 115 Å². The van der Waals surface area contributed by atoms with Crippen LogP contribution in [0.3, 0.4) is 0 Å². The summed E-state index contributed by atoms with van der Waals surface area (Å²) >= 11 is 0. The quantitative estimate of drug-likeness (QED) is 0.129. The average molecular weight is 572 g/mol. The van der Waals surface area contributed by atoms with E-state index in [-0.39, 0.29) is 33.0 Å². The summed E-state index contributed by atoms with van der Waals surface area (Å²) in [5.74, 6) is 2.73. The predicted octanol–water partition coefficient (Wildman–Crippen LogP) is 9.58. The number of allylic oxidation sites excluding steroid dienone is 3. The predicted molar refractivity (Wildman–Crippen MR) is 170 cm³/mol. The largest absolute Gasteiger partial charge is 0.465 e. The van der Waals surface area contributed by atoms with Crippen LogP contribution in [0.2, 0.25) is 0 Å². The monoisotopic (exact) mass is 571 g/mol. The highest BCUT2D eigenvalue weighted by Crippen LogP contribution is 2.77. The average Bonchev–Trinajstić information content (AvgIpc) is 3.33. The number of ether oxygens (including phenoxy) is 1. The molecule has 5 aliphatic rings. The van der Waals surface area contributed by atoms with Crippen LogP contribution in [0.15, 0.2) is 47.6 Å². The second kappa shape index (κ2) is 9.83. The third-order valence-corrected chi connectivity index (χ3v) is 14.6. The molecule has 4 fully saturated rings. The highest BCUT2D eigenvalue weighted by atomic mass is 16.5. The van der Waals surface area contributed by atoms with Gasteiger partial charge < -0.3 is 9.94 Å². The summed E-state index contributed by atoms with van der Waals surface area (Å²) in [7, 11) is 1.44. The second-order valence-corrected chi connectivity index (χ2v) is 16.3. The highest BCUT2D eigenvalue weighted by Gasteiger charge is 2.70. The van der Waals surface area contributed by atoms with Crippen LogP contribution in [0.4, 0.5) is 0 Å². The van der Waals surface area contributed by atoms with Gasteiger partial charge in [-0.1, -0.05) is 65.0 Å². The van der Waals surface area contributed by atoms with Crippen LogP contribution in [0, 0.1) is 56.7 Å². The first kappa shape index (κ1) is 29.7. The minimum atomic E-state index is -0.280. The summed E-state index contributed by atoms with van der Waals surface area (Å²) in [6, 6.07) is 8.06. The summed E-state index contributed by atoms with van der Waals surface area (Å²) < 4.78 is 4.93. The molecular weight excluding hydrogens is 518 g/mol. The molecule has 1 N–H and O–H groups in total. The number of rotatable bonds is 4. The van der Waals surface area contributed by atoms with Crippen molar-refractivity contribution in [2.24, 2.45) is 61.8 Å². The fourth-order valence-corrected chi connectivity index (χ4v) is 12.5. The number of carbonyl (C=O) groups is 1. The van der Waals surface area contributed by atoms with Crippen LogP contribution >= 0.6 is 0 Å². The molecule has 6 rings (SSSR count). The molecule has 228 valence electrons. The molecule has 0 heterocycles. The lowest BCUT2D eigenvalue weighted by atomic mass is 9.32. The lowest BCUT2D eigenvalue weighted by Gasteiger charge is -2.72. The third kappa shape index (κ3) is 3.84. The highest BCUT2D eigenvalue weighted by molar-refractivity contribution is 5.90. The topological polar surface area (TPSA) is 58.9 Å². The minimum absolute atomic E-state index is 0.0285. The molecule has 4 nitrogen and oxygen atoms in total. The van der Waals surface area contributed by atoms with Crippen LogP contribution in [-0.2, 0) is 4.74 Å². The molecule has 4 heteroatoms. The third-order valence-electron chi connectivity index (χ3n) is 14.6. The SMILES string of the molecule is C=C(C)C1CCC2(/C=N/O)CC[C@]3(C)[C@H](CC[C@@H]4[C@@]5(C)CC=C(c6ccc(C(=O)OC)cc6)C(C)(C)[C@@H]5CC[C@]43C)[C@@H]12. The second-order valence-electron chi connectivity index (χ2n) is 16.3. The first-order valence-corrected chi connectivity index (χ1v) is 16.5. The molecule has 9 atom stereocenters. The molecule has 0 aliphatic heterocycles. The van der Waals surface area contributed by atoms with Gasteiger partial charge in [0.15, 0.2) is 0 Å². The zero-order valence-electron chi connectivity index (χ0n) is 27.1. The van der Waals surface area contributed by atoms with E-state index < -0.39 is 0 Å². The molecular formula is C38H53NO3. The van der Waals surface area contributed by atoms with Gasteiger partial charge in [-0.15, -0.1) is 5.16 Å². The standard InChI is InChI=1S/C38H53NO3/c1-24(2)27-15-20-38(23-39-41)22-21-36(6)29(32(27)38)13-14-31-35(5)18-16-28(25-9-11-26(12-10-25)33(40)42-8)34(3,4)30(35)17-19-37(31,36)7/h9-12,16,23,27,29-32,41H,1,13-15,17-22H2,2-8H3/b39-23+/t27?,29-,30+,31-,32-,35+,36-,37-,38?/m1/s1. The van der Waals surface area contributed by atoms with Gasteiger partial charge in [0.2, 0.25) is 0 Å². The molecule has 2 unspecified atom stereocenters. The van der Waals surface area contributed by atoms with Crippen molar-refractivity contribution in [2.45, 2.75) is 99.3 Å². The van der Waals surface area contributed by atoms with Crippen LogP contribution < -0.4 is 0 Å². The summed E-state index contributed by atoms with van der Waals surface area (Å²) in [6.07, 6.45) is 15.4. The van der Waals surface area contributed by atoms with Crippen molar-refractivity contribution in [1.82, 2.24) is 0 Å². The van der Waals surface area contributed by atoms with Crippen molar-refractivity contribution in [3.63, 3.8) is 0 Å². The fourth-order valence-electron chi connectivity index (χ4n) is 12.5. The maximum absolute atomic E-state index is 12.1. The number of carbonyl (C=O) groups excluding carboxylic acids is 1. The van der Waals surface area contributed by atoms with Gasteiger partial charge in [-0.2, -0.15) is 0 Å². The van der Waals surface area contributed by atoms with E-state index in [0.717, 1.165) is 19.3 Å². The molecule has 0 saturated heterocycles. The van der Waals surface area contributed by atoms with E-state index in [1.165, 1.54) is 62.3 Å². The number of methoxy groups -OCH3 is 1. The van der Waals surface area contributed by atoms with Crippen molar-refractivity contribution < 1.29 is 14.7 Å². The Morgan fingerprint density at radius 1 is 0.952 bits per heavy atom. The molecule has 0 radical (unpaired) electrons. The van der Waals surface area contributed by atoms with E-state index in [4.69, 9.17) is 4.74 Å². The van der Waals surface area contributed by atoms with Crippen molar-refractivity contribution in [2.75, 3.05) is 7.11 Å². The summed E-state index contributed by atoms with van der Waals surface area (Å²) in [6.45, 7) is 19.6. The van der Waals surface area contributed by atoms with Gasteiger partial charge in [-0.05, 0) is 139 Å². The number of fused-ring (bicyclic) bond motifs is 7. The Kier molecular flexibility index (Phi) is 6.95. The van der Waals surface area contributed by atoms with E-state index in [1.54, 1.807) is 0 Å². The van der Waals surface area contributed by atoms with Crippen molar-refractivity contribution in [3.8, 4) is 0 Å². The maximum atomic E-state index is 12.1. The molecule has 0 spiro atoms. The normalized spacial score (nSPS) is 43.9. The Labute approximate surface area is 254 Å². The first-order valence-electron chi connectivity index (χ1n) is 16.5. The van der Waals surface area contributed by atoms with Crippen molar-refractivity contribution >= 4 is 17.8 Å². The molecule has 0 aromatic heterocycles. The Balaban J connectivity index is 1.35. The lowest BCUT2D eigenvalue weighted by Crippen LogP contribution is -2.65. The van der Waals surface area contributed by atoms with Crippen LogP contribution in [-0.4, -0.2) is 24.5 Å². The Morgan fingerprint density at radius 3 is 2.31 bits per heavy atom. The number of esters is 1. The molecule has 0 bridgehead atoms.